The summed E-state index contributed by atoms with van der Waals surface area (Å²) in [6.07, 6.45) is 3.70. The van der Waals surface area contributed by atoms with Crippen LogP contribution in [0.5, 0.6) is 0 Å². The van der Waals surface area contributed by atoms with Crippen molar-refractivity contribution in [2.24, 2.45) is 10.8 Å². The summed E-state index contributed by atoms with van der Waals surface area (Å²) in [5.41, 5.74) is 0.267. The van der Waals surface area contributed by atoms with Crippen molar-refractivity contribution in [3.05, 3.63) is 17.5 Å². The van der Waals surface area contributed by atoms with E-state index in [2.05, 4.69) is 30.4 Å². The Labute approximate surface area is 150 Å². The molecule has 1 aromatic rings. The van der Waals surface area contributed by atoms with Gasteiger partial charge in [-0.15, -0.1) is 11.3 Å². The summed E-state index contributed by atoms with van der Waals surface area (Å²) in [5.74, 6) is 0. The van der Waals surface area contributed by atoms with Crippen LogP contribution in [0.2, 0.25) is 0 Å². The summed E-state index contributed by atoms with van der Waals surface area (Å²) in [6.45, 7) is 12.9. The molecule has 4 nitrogen and oxygen atoms in total. The molecule has 3 rings (SSSR count). The zero-order valence-corrected chi connectivity index (χ0v) is 17.1. The van der Waals surface area contributed by atoms with Crippen molar-refractivity contribution >= 4 is 21.4 Å². The molecule has 2 aliphatic rings. The normalized spacial score (nSPS) is 30.6. The van der Waals surface area contributed by atoms with Gasteiger partial charge in [0.25, 0.3) is 10.0 Å². The second kappa shape index (κ2) is 5.79. The van der Waals surface area contributed by atoms with Gasteiger partial charge < -0.3 is 0 Å². The molecular weight excluding hydrogens is 340 g/mol. The molecule has 1 saturated carbocycles. The predicted molar refractivity (Wildman–Crippen MR) is 99.8 cm³/mol. The summed E-state index contributed by atoms with van der Waals surface area (Å²) in [6, 6.07) is 4.01. The highest BCUT2D eigenvalue weighted by molar-refractivity contribution is 7.91. The minimum atomic E-state index is -3.43. The van der Waals surface area contributed by atoms with E-state index in [9.17, 15) is 8.42 Å². The second-order valence-electron chi connectivity index (χ2n) is 9.54. The average molecular weight is 371 g/mol. The van der Waals surface area contributed by atoms with Crippen LogP contribution in [0.15, 0.2) is 21.7 Å². The number of nitrogens with one attached hydrogen (secondary N) is 1. The zero-order chi connectivity index (χ0) is 17.8. The maximum Gasteiger partial charge on any atom is 0.250 e. The van der Waals surface area contributed by atoms with Crippen LogP contribution in [0, 0.1) is 10.8 Å². The summed E-state index contributed by atoms with van der Waals surface area (Å²) < 4.78 is 28.4. The van der Waals surface area contributed by atoms with E-state index in [1.54, 1.807) is 17.5 Å². The van der Waals surface area contributed by atoms with Crippen molar-refractivity contribution in [3.63, 3.8) is 0 Å². The van der Waals surface area contributed by atoms with Gasteiger partial charge in [-0.25, -0.2) is 13.1 Å². The van der Waals surface area contributed by atoms with E-state index in [1.165, 1.54) is 30.6 Å². The molecule has 2 heterocycles. The number of nitrogens with zero attached hydrogens (tertiary/aromatic N) is 1. The summed E-state index contributed by atoms with van der Waals surface area (Å²) in [4.78, 5) is 2.52. The van der Waals surface area contributed by atoms with Gasteiger partial charge in [0.15, 0.2) is 0 Å². The minimum Gasteiger partial charge on any atom is -0.298 e. The van der Waals surface area contributed by atoms with E-state index < -0.39 is 15.6 Å². The largest absolute Gasteiger partial charge is 0.298 e. The van der Waals surface area contributed by atoms with Gasteiger partial charge in [0.1, 0.15) is 4.21 Å². The molecule has 2 fully saturated rings. The first-order valence-corrected chi connectivity index (χ1v) is 11.1. The Bertz CT molecular complexity index is 695. The quantitative estimate of drug-likeness (QED) is 0.860. The van der Waals surface area contributed by atoms with E-state index in [1.807, 2.05) is 13.8 Å². The highest BCUT2D eigenvalue weighted by Crippen LogP contribution is 2.52. The molecule has 2 atom stereocenters. The van der Waals surface area contributed by atoms with Crippen molar-refractivity contribution < 1.29 is 8.42 Å². The highest BCUT2D eigenvalue weighted by atomic mass is 32.2. The fourth-order valence-electron chi connectivity index (χ4n) is 5.13. The number of hydrogen-bond acceptors (Lipinski definition) is 4. The molecule has 6 heteroatoms. The first-order chi connectivity index (χ1) is 10.9. The number of hydrogen-bond donors (Lipinski definition) is 1. The van der Waals surface area contributed by atoms with Crippen molar-refractivity contribution in [1.29, 1.82) is 0 Å². The lowest BCUT2D eigenvalue weighted by atomic mass is 9.65. The Kier molecular flexibility index (Phi) is 4.43. The van der Waals surface area contributed by atoms with Gasteiger partial charge in [0, 0.05) is 24.7 Å². The Morgan fingerprint density at radius 2 is 2.04 bits per heavy atom. The summed E-state index contributed by atoms with van der Waals surface area (Å²) >= 11 is 1.26. The molecule has 24 heavy (non-hydrogen) atoms. The average Bonchev–Trinajstić information content (AvgIpc) is 2.93. The van der Waals surface area contributed by atoms with Gasteiger partial charge in [-0.2, -0.15) is 0 Å². The maximum absolute atomic E-state index is 12.6. The molecule has 0 aromatic carbocycles. The molecule has 1 aliphatic carbocycles. The molecule has 0 unspecified atom stereocenters. The molecular formula is C18H30N2O2S2. The van der Waals surface area contributed by atoms with Crippen molar-refractivity contribution in [2.45, 2.75) is 69.7 Å². The van der Waals surface area contributed by atoms with Gasteiger partial charge >= 0.3 is 0 Å². The number of thiophene rings is 1. The van der Waals surface area contributed by atoms with E-state index >= 15 is 0 Å². The van der Waals surface area contributed by atoms with Crippen LogP contribution in [-0.2, 0) is 10.0 Å². The Balaban J connectivity index is 1.71. The van der Waals surface area contributed by atoms with Crippen LogP contribution in [-0.4, -0.2) is 38.0 Å². The Hall–Kier alpha value is -0.430. The maximum atomic E-state index is 12.6. The van der Waals surface area contributed by atoms with E-state index in [0.29, 0.717) is 21.1 Å². The van der Waals surface area contributed by atoms with Crippen molar-refractivity contribution in [2.75, 3.05) is 13.1 Å². The fraction of sp³-hybridized carbons (Fsp3) is 0.778. The molecule has 1 N–H and O–H groups in total. The molecule has 1 saturated heterocycles. The van der Waals surface area contributed by atoms with E-state index in [-0.39, 0.29) is 0 Å². The first-order valence-electron chi connectivity index (χ1n) is 8.72. The monoisotopic (exact) mass is 370 g/mol. The molecule has 1 aromatic heterocycles. The van der Waals surface area contributed by atoms with Gasteiger partial charge in [-0.3, -0.25) is 4.90 Å². The smallest absolute Gasteiger partial charge is 0.250 e. The van der Waals surface area contributed by atoms with E-state index in [4.69, 9.17) is 0 Å². The molecule has 0 spiro atoms. The van der Waals surface area contributed by atoms with Gasteiger partial charge in [0.2, 0.25) is 0 Å². The lowest BCUT2D eigenvalue weighted by Crippen LogP contribution is -2.52. The van der Waals surface area contributed by atoms with Crippen LogP contribution in [0.3, 0.4) is 0 Å². The molecule has 136 valence electrons. The lowest BCUT2D eigenvalue weighted by Gasteiger charge is -2.40. The van der Waals surface area contributed by atoms with Gasteiger partial charge in [-0.1, -0.05) is 26.8 Å². The van der Waals surface area contributed by atoms with Crippen molar-refractivity contribution in [3.8, 4) is 0 Å². The van der Waals surface area contributed by atoms with Crippen LogP contribution in [0.25, 0.3) is 0 Å². The summed E-state index contributed by atoms with van der Waals surface area (Å²) in [7, 11) is -3.43. The number of likely N-dealkylation sites (tertiary alicyclic amines) is 1. The standard InChI is InChI=1S/C18H30N2O2S2/c1-16(2)9-14-10-18(5,11-16)13-20(14)12-17(3,4)19-24(21,22)15-7-6-8-23-15/h6-8,14,19H,9-13H2,1-5H3/t14-,18+/m1/s1. The number of fused-ring (bicyclic) bond motifs is 2. The lowest BCUT2D eigenvalue weighted by molar-refractivity contribution is 0.123. The second-order valence-corrected chi connectivity index (χ2v) is 12.4. The topological polar surface area (TPSA) is 49.4 Å². The number of sulfonamides is 1. The highest BCUT2D eigenvalue weighted by Gasteiger charge is 2.50. The predicted octanol–water partition coefficient (Wildman–Crippen LogP) is 3.71. The third-order valence-electron chi connectivity index (χ3n) is 5.29. The zero-order valence-electron chi connectivity index (χ0n) is 15.4. The Morgan fingerprint density at radius 3 is 2.67 bits per heavy atom. The fourth-order valence-corrected chi connectivity index (χ4v) is 7.53. The van der Waals surface area contributed by atoms with Crippen molar-refractivity contribution in [1.82, 2.24) is 9.62 Å². The Morgan fingerprint density at radius 1 is 1.33 bits per heavy atom. The van der Waals surface area contributed by atoms with Crippen LogP contribution >= 0.6 is 11.3 Å². The third kappa shape index (κ3) is 3.87. The molecule has 2 bridgehead atoms. The number of rotatable bonds is 5. The first kappa shape index (κ1) is 18.4. The van der Waals surface area contributed by atoms with Gasteiger partial charge in [0.05, 0.1) is 0 Å². The molecule has 0 amide bonds. The van der Waals surface area contributed by atoms with Crippen LogP contribution in [0.4, 0.5) is 0 Å². The van der Waals surface area contributed by atoms with E-state index in [0.717, 1.165) is 13.1 Å². The summed E-state index contributed by atoms with van der Waals surface area (Å²) in [5, 5.41) is 1.80. The molecule has 0 radical (unpaired) electrons. The van der Waals surface area contributed by atoms with Gasteiger partial charge in [-0.05, 0) is 55.4 Å². The van der Waals surface area contributed by atoms with Crippen LogP contribution < -0.4 is 4.72 Å². The van der Waals surface area contributed by atoms with Crippen LogP contribution in [0.1, 0.15) is 53.9 Å². The third-order valence-corrected chi connectivity index (χ3v) is 8.39. The SMILES string of the molecule is CC1(C)C[C@@H]2C[C@](C)(CN2CC(C)(C)NS(=O)(=O)c2cccs2)C1. The minimum absolute atomic E-state index is 0.370. The molecule has 1 aliphatic heterocycles.